The second-order valence-electron chi connectivity index (χ2n) is 6.73. The zero-order chi connectivity index (χ0) is 15.4. The highest BCUT2D eigenvalue weighted by atomic mass is 16.2. The van der Waals surface area contributed by atoms with Gasteiger partial charge in [-0.25, -0.2) is 0 Å². The molecule has 0 aromatic heterocycles. The number of nitrogens with one attached hydrogen (secondary N) is 1. The maximum Gasteiger partial charge on any atom is 0.223 e. The lowest BCUT2D eigenvalue weighted by molar-refractivity contribution is -0.132. The fraction of sp³-hybridized carbons (Fsp3) is 0.526. The molecule has 0 radical (unpaired) electrons. The lowest BCUT2D eigenvalue weighted by Gasteiger charge is -2.30. The highest BCUT2D eigenvalue weighted by Crippen LogP contribution is 2.33. The minimum Gasteiger partial charge on any atom is -0.335 e. The minimum atomic E-state index is 0.273. The van der Waals surface area contributed by atoms with E-state index in [1.54, 1.807) is 0 Å². The van der Waals surface area contributed by atoms with Crippen molar-refractivity contribution in [1.29, 1.82) is 0 Å². The van der Waals surface area contributed by atoms with Crippen LogP contribution in [0, 0.1) is 5.92 Å². The third kappa shape index (κ3) is 3.77. The van der Waals surface area contributed by atoms with E-state index in [2.05, 4.69) is 24.0 Å². The lowest BCUT2D eigenvalue weighted by atomic mass is 9.89. The van der Waals surface area contributed by atoms with Crippen molar-refractivity contribution in [1.82, 2.24) is 10.2 Å². The molecule has 1 amide bonds. The summed E-state index contributed by atoms with van der Waals surface area (Å²) in [5, 5.41) is 3.65. The number of benzene rings is 1. The number of nitrogens with zero attached hydrogens (tertiary/aromatic N) is 1. The summed E-state index contributed by atoms with van der Waals surface area (Å²) in [6.45, 7) is 5.12. The van der Waals surface area contributed by atoms with E-state index in [0.29, 0.717) is 37.5 Å². The summed E-state index contributed by atoms with van der Waals surface area (Å²) in [5.74, 6) is 0.824. The Morgan fingerprint density at radius 1 is 1.23 bits per heavy atom. The third-order valence-corrected chi connectivity index (χ3v) is 4.95. The average molecular weight is 298 g/mol. The Labute approximate surface area is 133 Å². The summed E-state index contributed by atoms with van der Waals surface area (Å²) in [7, 11) is 0. The van der Waals surface area contributed by atoms with Gasteiger partial charge < -0.3 is 10.2 Å². The number of hydrogen-bond donors (Lipinski definition) is 1. The molecule has 0 spiro atoms. The molecule has 2 aliphatic heterocycles. The van der Waals surface area contributed by atoms with Crippen molar-refractivity contribution in [2.24, 2.45) is 5.92 Å². The fourth-order valence-electron chi connectivity index (χ4n) is 3.93. The molecule has 2 bridgehead atoms. The highest BCUT2D eigenvalue weighted by Gasteiger charge is 2.34. The van der Waals surface area contributed by atoms with Crippen LogP contribution in [-0.4, -0.2) is 29.4 Å². The number of piperidine rings is 1. The van der Waals surface area contributed by atoms with Crippen molar-refractivity contribution in [3.05, 3.63) is 48.6 Å². The summed E-state index contributed by atoms with van der Waals surface area (Å²) in [6.07, 6.45) is 7.42. The molecule has 2 saturated heterocycles. The molecule has 2 aliphatic rings. The Morgan fingerprint density at radius 3 is 2.55 bits per heavy atom. The zero-order valence-electron chi connectivity index (χ0n) is 13.2. The molecule has 1 aromatic rings. The zero-order valence-corrected chi connectivity index (χ0v) is 13.2. The molecule has 2 fully saturated rings. The SMILES string of the molecule is C=CCN(Cc1ccccc1)C(=O)CC1CC2CCC(C1)N2. The first kappa shape index (κ1) is 15.3. The van der Waals surface area contributed by atoms with E-state index < -0.39 is 0 Å². The van der Waals surface area contributed by atoms with Gasteiger partial charge in [-0.15, -0.1) is 6.58 Å². The number of amides is 1. The fourth-order valence-corrected chi connectivity index (χ4v) is 3.93. The van der Waals surface area contributed by atoms with E-state index in [4.69, 9.17) is 0 Å². The molecular formula is C19H26N2O. The van der Waals surface area contributed by atoms with Crippen LogP contribution in [0.5, 0.6) is 0 Å². The minimum absolute atomic E-state index is 0.273. The summed E-state index contributed by atoms with van der Waals surface area (Å²) >= 11 is 0. The van der Waals surface area contributed by atoms with Crippen LogP contribution in [0.15, 0.2) is 43.0 Å². The van der Waals surface area contributed by atoms with Crippen molar-refractivity contribution < 1.29 is 4.79 Å². The predicted molar refractivity (Wildman–Crippen MR) is 89.3 cm³/mol. The number of rotatable bonds is 6. The van der Waals surface area contributed by atoms with Crippen LogP contribution in [0.2, 0.25) is 0 Å². The van der Waals surface area contributed by atoms with E-state index in [0.717, 1.165) is 12.8 Å². The molecule has 0 saturated carbocycles. The van der Waals surface area contributed by atoms with Crippen LogP contribution in [-0.2, 0) is 11.3 Å². The molecule has 2 unspecified atom stereocenters. The summed E-state index contributed by atoms with van der Waals surface area (Å²) in [6, 6.07) is 11.5. The van der Waals surface area contributed by atoms with Crippen molar-refractivity contribution >= 4 is 5.91 Å². The van der Waals surface area contributed by atoms with Gasteiger partial charge in [0.05, 0.1) is 0 Å². The topological polar surface area (TPSA) is 32.3 Å². The molecule has 22 heavy (non-hydrogen) atoms. The summed E-state index contributed by atoms with van der Waals surface area (Å²) in [4.78, 5) is 14.6. The van der Waals surface area contributed by atoms with Gasteiger partial charge >= 0.3 is 0 Å². The molecule has 1 aromatic carbocycles. The molecule has 3 rings (SSSR count). The van der Waals surface area contributed by atoms with E-state index in [-0.39, 0.29) is 5.91 Å². The molecule has 118 valence electrons. The van der Waals surface area contributed by atoms with Crippen molar-refractivity contribution in [2.75, 3.05) is 6.54 Å². The molecule has 3 heteroatoms. The number of carbonyl (C=O) groups is 1. The standard InChI is InChI=1S/C19H26N2O/c1-2-10-21(14-15-6-4-3-5-7-15)19(22)13-16-11-17-8-9-18(12-16)20-17/h2-7,16-18,20H,1,8-14H2. The first-order chi connectivity index (χ1) is 10.7. The predicted octanol–water partition coefficient (Wildman–Crippen LogP) is 3.12. The van der Waals surface area contributed by atoms with Crippen molar-refractivity contribution in [3.8, 4) is 0 Å². The first-order valence-corrected chi connectivity index (χ1v) is 8.43. The van der Waals surface area contributed by atoms with Gasteiger partial charge in [0.25, 0.3) is 0 Å². The maximum absolute atomic E-state index is 12.7. The Bertz CT molecular complexity index is 501. The van der Waals surface area contributed by atoms with Crippen LogP contribution in [0.3, 0.4) is 0 Å². The molecule has 0 aliphatic carbocycles. The van der Waals surface area contributed by atoms with Crippen LogP contribution >= 0.6 is 0 Å². The lowest BCUT2D eigenvalue weighted by Crippen LogP contribution is -2.40. The second kappa shape index (κ2) is 7.10. The van der Waals surface area contributed by atoms with Gasteiger partial charge in [0, 0.05) is 31.6 Å². The van der Waals surface area contributed by atoms with Gasteiger partial charge in [0.1, 0.15) is 0 Å². The number of hydrogen-bond acceptors (Lipinski definition) is 2. The van der Waals surface area contributed by atoms with Gasteiger partial charge in [-0.1, -0.05) is 36.4 Å². The third-order valence-electron chi connectivity index (χ3n) is 4.95. The quantitative estimate of drug-likeness (QED) is 0.818. The largest absolute Gasteiger partial charge is 0.335 e. The molecule has 1 N–H and O–H groups in total. The Hall–Kier alpha value is -1.61. The van der Waals surface area contributed by atoms with E-state index >= 15 is 0 Å². The summed E-state index contributed by atoms with van der Waals surface area (Å²) in [5.41, 5.74) is 1.18. The Kier molecular flexibility index (Phi) is 4.94. The van der Waals surface area contributed by atoms with Gasteiger partial charge in [0.2, 0.25) is 5.91 Å². The Morgan fingerprint density at radius 2 is 1.91 bits per heavy atom. The average Bonchev–Trinajstić information content (AvgIpc) is 2.86. The number of fused-ring (bicyclic) bond motifs is 2. The van der Waals surface area contributed by atoms with E-state index in [9.17, 15) is 4.79 Å². The van der Waals surface area contributed by atoms with Crippen LogP contribution in [0.4, 0.5) is 0 Å². The highest BCUT2D eigenvalue weighted by molar-refractivity contribution is 5.76. The first-order valence-electron chi connectivity index (χ1n) is 8.43. The van der Waals surface area contributed by atoms with E-state index in [1.807, 2.05) is 29.2 Å². The van der Waals surface area contributed by atoms with Crippen LogP contribution < -0.4 is 5.32 Å². The molecule has 2 atom stereocenters. The normalized spacial score (nSPS) is 26.6. The number of carbonyl (C=O) groups excluding carboxylic acids is 1. The van der Waals surface area contributed by atoms with Gasteiger partial charge in [-0.3, -0.25) is 4.79 Å². The monoisotopic (exact) mass is 298 g/mol. The van der Waals surface area contributed by atoms with Gasteiger partial charge in [-0.05, 0) is 37.2 Å². The van der Waals surface area contributed by atoms with Crippen LogP contribution in [0.25, 0.3) is 0 Å². The summed E-state index contributed by atoms with van der Waals surface area (Å²) < 4.78 is 0. The van der Waals surface area contributed by atoms with Gasteiger partial charge in [0.15, 0.2) is 0 Å². The maximum atomic E-state index is 12.7. The molecular weight excluding hydrogens is 272 g/mol. The smallest absolute Gasteiger partial charge is 0.223 e. The molecule has 2 heterocycles. The van der Waals surface area contributed by atoms with Gasteiger partial charge in [-0.2, -0.15) is 0 Å². The van der Waals surface area contributed by atoms with Crippen molar-refractivity contribution in [3.63, 3.8) is 0 Å². The Balaban J connectivity index is 1.58. The van der Waals surface area contributed by atoms with Crippen LogP contribution in [0.1, 0.15) is 37.7 Å². The van der Waals surface area contributed by atoms with Crippen molar-refractivity contribution in [2.45, 2.75) is 50.7 Å². The molecule has 3 nitrogen and oxygen atoms in total. The second-order valence-corrected chi connectivity index (χ2v) is 6.73. The van der Waals surface area contributed by atoms with E-state index in [1.165, 1.54) is 18.4 Å².